The fourth-order valence-electron chi connectivity index (χ4n) is 9.97. The van der Waals surface area contributed by atoms with Crippen molar-refractivity contribution in [1.29, 1.82) is 0 Å². The van der Waals surface area contributed by atoms with Gasteiger partial charge in [0.1, 0.15) is 0 Å². The molecule has 0 saturated carbocycles. The van der Waals surface area contributed by atoms with Crippen molar-refractivity contribution >= 4 is 27.8 Å². The van der Waals surface area contributed by atoms with Crippen LogP contribution in [0.1, 0.15) is 73.9 Å². The molecule has 0 bridgehead atoms. The first-order valence-electron chi connectivity index (χ1n) is 20.1. The molecule has 0 aromatic heterocycles. The van der Waals surface area contributed by atoms with E-state index in [4.69, 9.17) is 0 Å². The molecule has 0 unspecified atom stereocenters. The van der Waals surface area contributed by atoms with E-state index in [2.05, 4.69) is 221 Å². The largest absolute Gasteiger partial charge is 0.310 e. The molecule has 1 heteroatoms. The van der Waals surface area contributed by atoms with Gasteiger partial charge < -0.3 is 4.90 Å². The Kier molecular flexibility index (Phi) is 7.94. The van der Waals surface area contributed by atoms with Crippen LogP contribution in [0.25, 0.3) is 33.0 Å². The number of rotatable bonds is 6. The molecule has 0 amide bonds. The Morgan fingerprint density at radius 1 is 0.375 bits per heavy atom. The van der Waals surface area contributed by atoms with E-state index in [1.54, 1.807) is 0 Å². The van der Waals surface area contributed by atoms with Crippen molar-refractivity contribution in [2.24, 2.45) is 0 Å². The fraction of sp³-hybridized carbons (Fsp3) is 0.164. The van der Waals surface area contributed by atoms with E-state index in [-0.39, 0.29) is 10.8 Å². The molecule has 56 heavy (non-hydrogen) atoms. The highest BCUT2D eigenvalue weighted by Gasteiger charge is 2.47. The summed E-state index contributed by atoms with van der Waals surface area (Å²) in [5.74, 6) is 0. The highest BCUT2D eigenvalue weighted by Crippen LogP contribution is 2.59. The fourth-order valence-corrected chi connectivity index (χ4v) is 9.97. The van der Waals surface area contributed by atoms with E-state index in [1.165, 1.54) is 84.9 Å². The van der Waals surface area contributed by atoms with Crippen LogP contribution < -0.4 is 4.90 Å². The lowest BCUT2D eigenvalue weighted by molar-refractivity contribution is 0.332. The molecule has 2 aliphatic carbocycles. The van der Waals surface area contributed by atoms with Gasteiger partial charge >= 0.3 is 0 Å². The molecule has 0 fully saturated rings. The minimum absolute atomic E-state index is 0.0809. The lowest BCUT2D eigenvalue weighted by Crippen LogP contribution is -2.33. The normalized spacial score (nSPS) is 15.8. The van der Waals surface area contributed by atoms with Crippen molar-refractivity contribution in [1.82, 2.24) is 0 Å². The number of benzene rings is 8. The first-order valence-corrected chi connectivity index (χ1v) is 20.1. The van der Waals surface area contributed by atoms with Crippen molar-refractivity contribution in [3.05, 3.63) is 221 Å². The summed E-state index contributed by atoms with van der Waals surface area (Å²) in [4.78, 5) is 2.50. The second kappa shape index (κ2) is 13.0. The Labute approximate surface area is 331 Å². The van der Waals surface area contributed by atoms with Crippen LogP contribution in [0.15, 0.2) is 188 Å². The van der Waals surface area contributed by atoms with Crippen LogP contribution >= 0.6 is 0 Å². The Hall–Kier alpha value is -6.18. The van der Waals surface area contributed by atoms with Crippen LogP contribution in [0.5, 0.6) is 0 Å². The zero-order valence-corrected chi connectivity index (χ0v) is 32.8. The van der Waals surface area contributed by atoms with Crippen molar-refractivity contribution in [3.8, 4) is 22.3 Å². The monoisotopic (exact) mass is 721 g/mol. The molecule has 0 atom stereocenters. The molecule has 0 radical (unpaired) electrons. The number of fused-ring (bicyclic) bond motifs is 5. The number of hydrogen-bond donors (Lipinski definition) is 0. The van der Waals surface area contributed by atoms with E-state index >= 15 is 0 Å². The molecule has 0 N–H and O–H groups in total. The highest BCUT2D eigenvalue weighted by atomic mass is 15.1. The van der Waals surface area contributed by atoms with Gasteiger partial charge in [-0.25, -0.2) is 0 Å². The van der Waals surface area contributed by atoms with Gasteiger partial charge in [-0.3, -0.25) is 0 Å². The number of hydrogen-bond acceptors (Lipinski definition) is 1. The quantitative estimate of drug-likeness (QED) is 0.165. The molecule has 8 aromatic rings. The molecule has 2 aliphatic rings. The van der Waals surface area contributed by atoms with Gasteiger partial charge in [-0.1, -0.05) is 179 Å². The van der Waals surface area contributed by atoms with Gasteiger partial charge in [0.25, 0.3) is 0 Å². The summed E-state index contributed by atoms with van der Waals surface area (Å²) in [6.45, 7) is 9.71. The molecule has 272 valence electrons. The van der Waals surface area contributed by atoms with E-state index < -0.39 is 5.41 Å². The maximum Gasteiger partial charge on any atom is 0.0714 e. The van der Waals surface area contributed by atoms with Crippen molar-refractivity contribution in [2.75, 3.05) is 4.90 Å². The maximum absolute atomic E-state index is 2.54. The van der Waals surface area contributed by atoms with E-state index in [1.807, 2.05) is 0 Å². The van der Waals surface area contributed by atoms with E-state index in [0.717, 1.165) is 11.4 Å². The van der Waals surface area contributed by atoms with Crippen LogP contribution in [0.3, 0.4) is 0 Å². The van der Waals surface area contributed by atoms with Gasteiger partial charge in [0.15, 0.2) is 0 Å². The minimum atomic E-state index is -0.519. The Morgan fingerprint density at radius 2 is 0.964 bits per heavy atom. The number of para-hydroxylation sites is 1. The molecule has 0 heterocycles. The smallest absolute Gasteiger partial charge is 0.0714 e. The van der Waals surface area contributed by atoms with E-state index in [0.29, 0.717) is 0 Å². The molecular weight excluding hydrogens is 675 g/mol. The van der Waals surface area contributed by atoms with Crippen LogP contribution in [0.4, 0.5) is 17.1 Å². The topological polar surface area (TPSA) is 3.24 Å². The van der Waals surface area contributed by atoms with Crippen molar-refractivity contribution in [3.63, 3.8) is 0 Å². The average molecular weight is 722 g/mol. The van der Waals surface area contributed by atoms with Crippen LogP contribution in [0, 0.1) is 0 Å². The first-order chi connectivity index (χ1) is 27.3. The summed E-state index contributed by atoms with van der Waals surface area (Å²) in [5.41, 5.74) is 16.3. The van der Waals surface area contributed by atoms with Gasteiger partial charge in [-0.05, 0) is 121 Å². The van der Waals surface area contributed by atoms with Gasteiger partial charge in [0, 0.05) is 16.9 Å². The second-order valence-corrected chi connectivity index (χ2v) is 17.2. The third kappa shape index (κ3) is 5.29. The predicted octanol–water partition coefficient (Wildman–Crippen LogP) is 14.7. The summed E-state index contributed by atoms with van der Waals surface area (Å²) in [7, 11) is 0. The summed E-state index contributed by atoms with van der Waals surface area (Å²) in [6, 6.07) is 70.4. The SMILES string of the molecule is CC1(C)CCC(C)(C)c2cc(-c3cc4c(cc3N(c3ccccc3)c3ccc5ccccc5c3)C(c3ccccc3)(c3ccccc3)c3ccccc3-4)ccc21. The van der Waals surface area contributed by atoms with Crippen LogP contribution in [0.2, 0.25) is 0 Å². The number of nitrogens with zero attached hydrogens (tertiary/aromatic N) is 1. The zero-order chi connectivity index (χ0) is 38.1. The number of anilines is 3. The lowest BCUT2D eigenvalue weighted by Gasteiger charge is -2.42. The summed E-state index contributed by atoms with van der Waals surface area (Å²) < 4.78 is 0. The summed E-state index contributed by atoms with van der Waals surface area (Å²) >= 11 is 0. The highest BCUT2D eigenvalue weighted by molar-refractivity contribution is 5.98. The van der Waals surface area contributed by atoms with Crippen LogP contribution in [-0.2, 0) is 16.2 Å². The Morgan fingerprint density at radius 3 is 1.66 bits per heavy atom. The molecule has 10 rings (SSSR count). The molecule has 0 spiro atoms. The predicted molar refractivity (Wildman–Crippen MR) is 237 cm³/mol. The Bertz CT molecular complexity index is 2700. The van der Waals surface area contributed by atoms with E-state index in [9.17, 15) is 0 Å². The lowest BCUT2D eigenvalue weighted by atomic mass is 9.63. The zero-order valence-electron chi connectivity index (χ0n) is 32.8. The second-order valence-electron chi connectivity index (χ2n) is 17.2. The van der Waals surface area contributed by atoms with Gasteiger partial charge in [0.05, 0.1) is 11.1 Å². The van der Waals surface area contributed by atoms with Crippen molar-refractivity contribution < 1.29 is 0 Å². The summed E-state index contributed by atoms with van der Waals surface area (Å²) in [6.07, 6.45) is 2.36. The van der Waals surface area contributed by atoms with Crippen LogP contribution in [-0.4, -0.2) is 0 Å². The third-order valence-electron chi connectivity index (χ3n) is 13.0. The summed E-state index contributed by atoms with van der Waals surface area (Å²) in [5, 5.41) is 2.46. The minimum Gasteiger partial charge on any atom is -0.310 e. The first kappa shape index (κ1) is 34.3. The Balaban J connectivity index is 1.34. The molecule has 1 nitrogen and oxygen atoms in total. The molecule has 0 saturated heterocycles. The standard InChI is InChI=1S/C55H47N/c1-53(2)32-33-54(3,4)51-35-40(29-31-49(51)53)46-36-47-45-26-16-17-27-48(45)55(41-20-8-5-9-21-41,42-22-10-6-11-23-42)50(47)37-52(46)56(43-24-12-7-13-25-43)44-30-28-38-18-14-15-19-39(38)34-44/h5-31,34-37H,32-33H2,1-4H3. The van der Waals surface area contributed by atoms with Crippen molar-refractivity contribution in [2.45, 2.75) is 56.8 Å². The molecular formula is C55H47N. The van der Waals surface area contributed by atoms with Gasteiger partial charge in [-0.2, -0.15) is 0 Å². The average Bonchev–Trinajstić information content (AvgIpc) is 3.53. The third-order valence-corrected chi connectivity index (χ3v) is 13.0. The molecule has 8 aromatic carbocycles. The maximum atomic E-state index is 2.54. The van der Waals surface area contributed by atoms with Gasteiger partial charge in [-0.15, -0.1) is 0 Å². The molecule has 0 aliphatic heterocycles. The van der Waals surface area contributed by atoms with Gasteiger partial charge in [0.2, 0.25) is 0 Å².